The second kappa shape index (κ2) is 8.44. The number of carbonyl (C=O) groups is 1. The van der Waals surface area contributed by atoms with E-state index < -0.39 is 0 Å². The minimum atomic E-state index is -0.0433. The van der Waals surface area contributed by atoms with E-state index >= 15 is 0 Å². The molecule has 1 amide bonds. The average Bonchev–Trinajstić information content (AvgIpc) is 3.28. The Morgan fingerprint density at radius 1 is 0.935 bits per heavy atom. The number of nitrogens with zero attached hydrogens (tertiary/aromatic N) is 4. The Bertz CT molecular complexity index is 1160. The number of H-pyrrole nitrogens is 1. The summed E-state index contributed by atoms with van der Waals surface area (Å²) in [6.07, 6.45) is 5.28. The van der Waals surface area contributed by atoms with Crippen molar-refractivity contribution in [3.63, 3.8) is 0 Å². The molecule has 0 unspecified atom stereocenters. The number of benzene rings is 2. The largest absolute Gasteiger partial charge is 0.364 e. The Morgan fingerprint density at radius 3 is 2.58 bits per heavy atom. The topological polar surface area (TPSA) is 65.1 Å². The van der Waals surface area contributed by atoms with Crippen LogP contribution in [-0.2, 0) is 13.1 Å². The van der Waals surface area contributed by atoms with Crippen molar-refractivity contribution in [2.45, 2.75) is 13.1 Å². The van der Waals surface area contributed by atoms with Gasteiger partial charge in [0.25, 0.3) is 5.91 Å². The van der Waals surface area contributed by atoms with E-state index in [1.165, 1.54) is 0 Å². The molecule has 0 fully saturated rings. The first-order chi connectivity index (χ1) is 15.3. The molecule has 0 radical (unpaired) electrons. The molecule has 3 heterocycles. The van der Waals surface area contributed by atoms with Crippen LogP contribution in [0.4, 0.5) is 5.69 Å². The number of anilines is 1. The van der Waals surface area contributed by atoms with Crippen LogP contribution < -0.4 is 4.90 Å². The van der Waals surface area contributed by atoms with Gasteiger partial charge in [0.2, 0.25) is 0 Å². The zero-order valence-corrected chi connectivity index (χ0v) is 17.1. The number of pyridine rings is 1. The second-order valence-corrected chi connectivity index (χ2v) is 7.63. The van der Waals surface area contributed by atoms with Gasteiger partial charge in [0.05, 0.1) is 18.6 Å². The van der Waals surface area contributed by atoms with Crippen LogP contribution in [-0.4, -0.2) is 38.8 Å². The summed E-state index contributed by atoms with van der Waals surface area (Å²) in [5.74, 6) is -0.0433. The van der Waals surface area contributed by atoms with E-state index in [0.717, 1.165) is 34.6 Å². The van der Waals surface area contributed by atoms with Crippen molar-refractivity contribution in [3.8, 4) is 11.1 Å². The number of aromatic amines is 1. The van der Waals surface area contributed by atoms with Gasteiger partial charge in [0.15, 0.2) is 0 Å². The molecule has 0 saturated carbocycles. The maximum atomic E-state index is 13.2. The minimum absolute atomic E-state index is 0.0433. The summed E-state index contributed by atoms with van der Waals surface area (Å²) >= 11 is 0. The summed E-state index contributed by atoms with van der Waals surface area (Å²) in [5.41, 5.74) is 6.02. The molecule has 1 aliphatic rings. The number of carbonyl (C=O) groups excluding carboxylic acids is 1. The highest BCUT2D eigenvalue weighted by Gasteiger charge is 2.25. The Kier molecular flexibility index (Phi) is 5.19. The van der Waals surface area contributed by atoms with Gasteiger partial charge in [-0.3, -0.25) is 9.78 Å². The molecule has 154 valence electrons. The van der Waals surface area contributed by atoms with E-state index in [0.29, 0.717) is 25.3 Å². The number of nitrogens with one attached hydrogen (secondary N) is 1. The third kappa shape index (κ3) is 4.05. The van der Waals surface area contributed by atoms with Crippen molar-refractivity contribution in [1.82, 2.24) is 19.9 Å². The molecule has 0 spiro atoms. The molecule has 0 bridgehead atoms. The maximum absolute atomic E-state index is 13.2. The SMILES string of the molecule is O=C(c1ccccn1)N1CCN(Cc2c[nH]cn2)c2ccc(-c3ccccc3)cc2C1. The second-order valence-electron chi connectivity index (χ2n) is 7.63. The normalized spacial score (nSPS) is 13.5. The van der Waals surface area contributed by atoms with Crippen molar-refractivity contribution in [3.05, 3.63) is 102 Å². The fourth-order valence-corrected chi connectivity index (χ4v) is 4.04. The Balaban J connectivity index is 1.51. The highest BCUT2D eigenvalue weighted by atomic mass is 16.2. The van der Waals surface area contributed by atoms with Crippen LogP contribution in [0, 0.1) is 0 Å². The van der Waals surface area contributed by atoms with Crippen molar-refractivity contribution < 1.29 is 4.79 Å². The summed E-state index contributed by atoms with van der Waals surface area (Å²) in [6.45, 7) is 2.58. The fourth-order valence-electron chi connectivity index (χ4n) is 4.04. The smallest absolute Gasteiger partial charge is 0.272 e. The Morgan fingerprint density at radius 2 is 1.81 bits per heavy atom. The van der Waals surface area contributed by atoms with Gasteiger partial charge in [-0.15, -0.1) is 0 Å². The van der Waals surface area contributed by atoms with Gasteiger partial charge in [-0.25, -0.2) is 4.98 Å². The van der Waals surface area contributed by atoms with Crippen LogP contribution >= 0.6 is 0 Å². The van der Waals surface area contributed by atoms with Gasteiger partial charge in [-0.2, -0.15) is 0 Å². The molecule has 0 aliphatic carbocycles. The molecular weight excluding hydrogens is 386 g/mol. The Labute approximate surface area is 181 Å². The molecule has 2 aromatic heterocycles. The summed E-state index contributed by atoms with van der Waals surface area (Å²) in [4.78, 5) is 29.0. The number of rotatable bonds is 4. The molecule has 1 aliphatic heterocycles. The zero-order chi connectivity index (χ0) is 21.0. The summed E-state index contributed by atoms with van der Waals surface area (Å²) in [7, 11) is 0. The van der Waals surface area contributed by atoms with Gasteiger partial charge in [0, 0.05) is 37.7 Å². The maximum Gasteiger partial charge on any atom is 0.272 e. The number of aromatic nitrogens is 3. The quantitative estimate of drug-likeness (QED) is 0.550. The van der Waals surface area contributed by atoms with E-state index in [2.05, 4.69) is 50.2 Å². The summed E-state index contributed by atoms with van der Waals surface area (Å²) in [5, 5.41) is 0. The molecule has 2 aromatic carbocycles. The van der Waals surface area contributed by atoms with Crippen LogP contribution in [0.5, 0.6) is 0 Å². The molecule has 6 nitrogen and oxygen atoms in total. The van der Waals surface area contributed by atoms with Gasteiger partial charge in [-0.1, -0.05) is 42.5 Å². The molecule has 1 N–H and O–H groups in total. The molecule has 6 heteroatoms. The monoisotopic (exact) mass is 409 g/mol. The van der Waals surface area contributed by atoms with Crippen LogP contribution in [0.15, 0.2) is 85.5 Å². The van der Waals surface area contributed by atoms with Gasteiger partial charge in [0.1, 0.15) is 5.69 Å². The van der Waals surface area contributed by atoms with E-state index in [-0.39, 0.29) is 5.91 Å². The molecule has 5 rings (SSSR count). The highest BCUT2D eigenvalue weighted by molar-refractivity contribution is 5.92. The van der Waals surface area contributed by atoms with Crippen molar-refractivity contribution in [2.24, 2.45) is 0 Å². The first-order valence-corrected chi connectivity index (χ1v) is 10.4. The minimum Gasteiger partial charge on any atom is -0.364 e. The van der Waals surface area contributed by atoms with Gasteiger partial charge >= 0.3 is 0 Å². The number of amides is 1. The lowest BCUT2D eigenvalue weighted by molar-refractivity contribution is 0.0745. The van der Waals surface area contributed by atoms with Crippen LogP contribution in [0.1, 0.15) is 21.7 Å². The van der Waals surface area contributed by atoms with E-state index in [9.17, 15) is 4.79 Å². The standard InChI is InChI=1S/C25H23N5O/c31-25(23-8-4-5-11-27-23)30-13-12-29(17-22-15-26-18-28-22)24-10-9-20(14-21(24)16-30)19-6-2-1-3-7-19/h1-11,14-15,18H,12-13,16-17H2,(H,26,28). The lowest BCUT2D eigenvalue weighted by Crippen LogP contribution is -2.35. The summed E-state index contributed by atoms with van der Waals surface area (Å²) < 4.78 is 0. The zero-order valence-electron chi connectivity index (χ0n) is 17.1. The average molecular weight is 409 g/mol. The number of hydrogen-bond acceptors (Lipinski definition) is 4. The third-order valence-corrected chi connectivity index (χ3v) is 5.61. The molecule has 0 atom stereocenters. The molecule has 4 aromatic rings. The fraction of sp³-hybridized carbons (Fsp3) is 0.160. The van der Waals surface area contributed by atoms with Crippen molar-refractivity contribution >= 4 is 11.6 Å². The van der Waals surface area contributed by atoms with Crippen molar-refractivity contribution in [2.75, 3.05) is 18.0 Å². The van der Waals surface area contributed by atoms with Gasteiger partial charge in [-0.05, 0) is 41.0 Å². The van der Waals surface area contributed by atoms with Crippen LogP contribution in [0.2, 0.25) is 0 Å². The molecule has 31 heavy (non-hydrogen) atoms. The first-order valence-electron chi connectivity index (χ1n) is 10.4. The van der Waals surface area contributed by atoms with Gasteiger partial charge < -0.3 is 14.8 Å². The molecule has 0 saturated heterocycles. The number of imidazole rings is 1. The van der Waals surface area contributed by atoms with Crippen LogP contribution in [0.25, 0.3) is 11.1 Å². The van der Waals surface area contributed by atoms with E-state index in [1.54, 1.807) is 18.6 Å². The molecular formula is C25H23N5O. The third-order valence-electron chi connectivity index (χ3n) is 5.61. The number of hydrogen-bond donors (Lipinski definition) is 1. The first kappa shape index (κ1) is 19.1. The van der Waals surface area contributed by atoms with Crippen molar-refractivity contribution in [1.29, 1.82) is 0 Å². The highest BCUT2D eigenvalue weighted by Crippen LogP contribution is 2.31. The van der Waals surface area contributed by atoms with E-state index in [4.69, 9.17) is 0 Å². The Hall–Kier alpha value is -3.93. The van der Waals surface area contributed by atoms with Crippen LogP contribution in [0.3, 0.4) is 0 Å². The number of fused-ring (bicyclic) bond motifs is 1. The lowest BCUT2D eigenvalue weighted by Gasteiger charge is -2.24. The lowest BCUT2D eigenvalue weighted by atomic mass is 10.0. The predicted octanol–water partition coefficient (Wildman–Crippen LogP) is 4.13. The van der Waals surface area contributed by atoms with E-state index in [1.807, 2.05) is 41.4 Å². The summed E-state index contributed by atoms with van der Waals surface area (Å²) in [6, 6.07) is 22.3. The predicted molar refractivity (Wildman–Crippen MR) is 120 cm³/mol.